The van der Waals surface area contributed by atoms with Gasteiger partial charge in [0, 0.05) is 0 Å². The highest BCUT2D eigenvalue weighted by Crippen LogP contribution is 2.59. The van der Waals surface area contributed by atoms with Crippen molar-refractivity contribution in [1.29, 1.82) is 0 Å². The minimum absolute atomic E-state index is 0.00271. The molecule has 0 N–H and O–H groups in total. The van der Waals surface area contributed by atoms with Crippen molar-refractivity contribution in [3.05, 3.63) is 41.5 Å². The van der Waals surface area contributed by atoms with E-state index in [1.807, 2.05) is 24.3 Å². The highest BCUT2D eigenvalue weighted by atomic mass is 16.5. The molecule has 2 rings (SSSR count). The number of rotatable bonds is 5. The zero-order valence-corrected chi connectivity index (χ0v) is 13.5. The molecule has 1 aliphatic rings. The summed E-state index contributed by atoms with van der Waals surface area (Å²) in [5.41, 5.74) is 2.19. The summed E-state index contributed by atoms with van der Waals surface area (Å²) in [7, 11) is 1.63. The molecule has 1 fully saturated rings. The van der Waals surface area contributed by atoms with Crippen LogP contribution in [-0.4, -0.2) is 13.1 Å². The maximum atomic E-state index is 12.3. The van der Waals surface area contributed by atoms with Gasteiger partial charge in [-0.1, -0.05) is 37.6 Å². The van der Waals surface area contributed by atoms with Gasteiger partial charge in [0.05, 0.1) is 13.0 Å². The van der Waals surface area contributed by atoms with E-state index in [9.17, 15) is 4.79 Å². The fourth-order valence-electron chi connectivity index (χ4n) is 2.80. The first-order valence-corrected chi connectivity index (χ1v) is 7.31. The monoisotopic (exact) mass is 288 g/mol. The Bertz CT molecular complexity index is 553. The molecule has 1 saturated carbocycles. The summed E-state index contributed by atoms with van der Waals surface area (Å²) in [6.45, 7) is 8.66. The third-order valence-electron chi connectivity index (χ3n) is 4.19. The normalized spacial score (nSPS) is 22.3. The fourth-order valence-corrected chi connectivity index (χ4v) is 2.80. The van der Waals surface area contributed by atoms with E-state index in [4.69, 9.17) is 9.47 Å². The summed E-state index contributed by atoms with van der Waals surface area (Å²) in [5, 5.41) is 0. The largest absolute Gasteiger partial charge is 0.497 e. The van der Waals surface area contributed by atoms with Crippen LogP contribution in [0.4, 0.5) is 0 Å². The Kier molecular flexibility index (Phi) is 4.40. The minimum atomic E-state index is -0.106. The van der Waals surface area contributed by atoms with E-state index in [2.05, 4.69) is 33.8 Å². The van der Waals surface area contributed by atoms with E-state index in [0.29, 0.717) is 12.5 Å². The summed E-state index contributed by atoms with van der Waals surface area (Å²) < 4.78 is 10.6. The quantitative estimate of drug-likeness (QED) is 0.607. The van der Waals surface area contributed by atoms with Crippen molar-refractivity contribution in [1.82, 2.24) is 0 Å². The van der Waals surface area contributed by atoms with Crippen molar-refractivity contribution in [2.75, 3.05) is 7.11 Å². The van der Waals surface area contributed by atoms with Crippen molar-refractivity contribution in [2.45, 2.75) is 34.3 Å². The number of methoxy groups -OCH3 is 1. The van der Waals surface area contributed by atoms with Gasteiger partial charge in [-0.15, -0.1) is 0 Å². The number of esters is 1. The second-order valence-corrected chi connectivity index (χ2v) is 6.53. The molecule has 3 heteroatoms. The highest BCUT2D eigenvalue weighted by molar-refractivity contribution is 5.78. The second-order valence-electron chi connectivity index (χ2n) is 6.53. The number of hydrogen-bond donors (Lipinski definition) is 0. The van der Waals surface area contributed by atoms with Gasteiger partial charge in [-0.2, -0.15) is 0 Å². The van der Waals surface area contributed by atoms with Crippen LogP contribution in [0.5, 0.6) is 5.75 Å². The Morgan fingerprint density at radius 3 is 2.67 bits per heavy atom. The first-order valence-electron chi connectivity index (χ1n) is 7.31. The Labute approximate surface area is 127 Å². The van der Waals surface area contributed by atoms with Crippen molar-refractivity contribution in [2.24, 2.45) is 17.3 Å². The molecule has 2 atom stereocenters. The van der Waals surface area contributed by atoms with Crippen LogP contribution in [0.1, 0.15) is 33.3 Å². The molecule has 3 nitrogen and oxygen atoms in total. The topological polar surface area (TPSA) is 35.5 Å². The van der Waals surface area contributed by atoms with E-state index in [1.165, 1.54) is 5.57 Å². The molecule has 1 aromatic rings. The van der Waals surface area contributed by atoms with E-state index >= 15 is 0 Å². The number of hydrogen-bond acceptors (Lipinski definition) is 3. The number of ether oxygens (including phenoxy) is 2. The fraction of sp³-hybridized carbons (Fsp3) is 0.500. The minimum Gasteiger partial charge on any atom is -0.497 e. The van der Waals surface area contributed by atoms with Gasteiger partial charge in [0.15, 0.2) is 0 Å². The first kappa shape index (κ1) is 15.6. The van der Waals surface area contributed by atoms with Crippen molar-refractivity contribution >= 4 is 5.97 Å². The lowest BCUT2D eigenvalue weighted by molar-refractivity contribution is -0.147. The van der Waals surface area contributed by atoms with Gasteiger partial charge < -0.3 is 9.47 Å². The Balaban J connectivity index is 1.95. The average molecular weight is 288 g/mol. The van der Waals surface area contributed by atoms with Gasteiger partial charge in [0.1, 0.15) is 12.4 Å². The standard InChI is InChI=1S/C18H24O3/c1-12(2)9-15-16(18(15,3)4)17(19)21-11-13-7-6-8-14(10-13)20-5/h6-10,15-16H,11H2,1-5H3. The van der Waals surface area contributed by atoms with Crippen molar-refractivity contribution in [3.8, 4) is 5.75 Å². The van der Waals surface area contributed by atoms with Crippen molar-refractivity contribution in [3.63, 3.8) is 0 Å². The van der Waals surface area contributed by atoms with Gasteiger partial charge in [0.2, 0.25) is 0 Å². The van der Waals surface area contributed by atoms with Crippen LogP contribution in [-0.2, 0) is 16.1 Å². The summed E-state index contributed by atoms with van der Waals surface area (Å²) in [6, 6.07) is 7.59. The number of carbonyl (C=O) groups is 1. The van der Waals surface area contributed by atoms with Gasteiger partial charge >= 0.3 is 5.97 Å². The maximum absolute atomic E-state index is 12.3. The number of carbonyl (C=O) groups excluding carboxylic acids is 1. The number of benzene rings is 1. The molecule has 114 valence electrons. The predicted molar refractivity (Wildman–Crippen MR) is 83.0 cm³/mol. The van der Waals surface area contributed by atoms with E-state index < -0.39 is 0 Å². The van der Waals surface area contributed by atoms with Gasteiger partial charge in [-0.3, -0.25) is 4.79 Å². The Morgan fingerprint density at radius 2 is 2.05 bits per heavy atom. The maximum Gasteiger partial charge on any atom is 0.310 e. The first-order chi connectivity index (χ1) is 9.86. The van der Waals surface area contributed by atoms with Crippen LogP contribution >= 0.6 is 0 Å². The molecule has 0 aromatic heterocycles. The summed E-state index contributed by atoms with van der Waals surface area (Å²) >= 11 is 0. The molecule has 1 aliphatic carbocycles. The zero-order valence-electron chi connectivity index (χ0n) is 13.5. The van der Waals surface area contributed by atoms with Gasteiger partial charge in [-0.25, -0.2) is 0 Å². The van der Waals surface area contributed by atoms with Crippen LogP contribution < -0.4 is 4.74 Å². The Hall–Kier alpha value is -1.77. The summed E-state index contributed by atoms with van der Waals surface area (Å²) in [4.78, 5) is 12.3. The smallest absolute Gasteiger partial charge is 0.310 e. The second kappa shape index (κ2) is 5.92. The van der Waals surface area contributed by atoms with Crippen LogP contribution in [0.15, 0.2) is 35.9 Å². The molecule has 0 amide bonds. The molecule has 1 aromatic carbocycles. The molecule has 2 unspecified atom stereocenters. The van der Waals surface area contributed by atoms with E-state index in [-0.39, 0.29) is 17.3 Å². The lowest BCUT2D eigenvalue weighted by atomic mass is 10.1. The molecule has 0 spiro atoms. The third kappa shape index (κ3) is 3.46. The molecule has 0 bridgehead atoms. The van der Waals surface area contributed by atoms with Crippen LogP contribution in [0.25, 0.3) is 0 Å². The molecular formula is C18H24O3. The lowest BCUT2D eigenvalue weighted by Crippen LogP contribution is -2.10. The molecule has 0 heterocycles. The molecule has 0 radical (unpaired) electrons. The van der Waals surface area contributed by atoms with Crippen molar-refractivity contribution < 1.29 is 14.3 Å². The molecule has 0 saturated heterocycles. The summed E-state index contributed by atoms with van der Waals surface area (Å²) in [5.74, 6) is 0.932. The molecule has 21 heavy (non-hydrogen) atoms. The Morgan fingerprint density at radius 1 is 1.33 bits per heavy atom. The molecule has 0 aliphatic heterocycles. The summed E-state index contributed by atoms with van der Waals surface area (Å²) in [6.07, 6.45) is 2.18. The number of allylic oxidation sites excluding steroid dienone is 2. The zero-order chi connectivity index (χ0) is 15.6. The van der Waals surface area contributed by atoms with Gasteiger partial charge in [-0.05, 0) is 42.9 Å². The van der Waals surface area contributed by atoms with Gasteiger partial charge in [0.25, 0.3) is 0 Å². The molecular weight excluding hydrogens is 264 g/mol. The predicted octanol–water partition coefficient (Wildman–Crippen LogP) is 3.98. The average Bonchev–Trinajstić information content (AvgIpc) is 2.96. The SMILES string of the molecule is COc1cccc(COC(=O)C2C(C=C(C)C)C2(C)C)c1. The van der Waals surface area contributed by atoms with Crippen LogP contribution in [0, 0.1) is 17.3 Å². The van der Waals surface area contributed by atoms with Crippen LogP contribution in [0.2, 0.25) is 0 Å². The van der Waals surface area contributed by atoms with E-state index in [1.54, 1.807) is 7.11 Å². The third-order valence-corrected chi connectivity index (χ3v) is 4.19. The highest BCUT2D eigenvalue weighted by Gasteiger charge is 2.61. The van der Waals surface area contributed by atoms with E-state index in [0.717, 1.165) is 11.3 Å². The van der Waals surface area contributed by atoms with Crippen LogP contribution in [0.3, 0.4) is 0 Å². The lowest BCUT2D eigenvalue weighted by Gasteiger charge is -2.07.